The monoisotopic (exact) mass is 220 g/mol. The van der Waals surface area contributed by atoms with Crippen LogP contribution in [0.3, 0.4) is 0 Å². The smallest absolute Gasteiger partial charge is 0.251 e. The number of nitrogens with one attached hydrogen (secondary N) is 1. The summed E-state index contributed by atoms with van der Waals surface area (Å²) in [6.07, 6.45) is 0. The van der Waals surface area contributed by atoms with Crippen LogP contribution in [0.2, 0.25) is 0 Å². The van der Waals surface area contributed by atoms with Crippen LogP contribution < -0.4 is 5.32 Å². The number of fused-ring (bicyclic) bond motifs is 1. The Balaban J connectivity index is 0.000000606. The second kappa shape index (κ2) is 5.30. The van der Waals surface area contributed by atoms with E-state index in [1.54, 1.807) is 32.2 Å². The summed E-state index contributed by atoms with van der Waals surface area (Å²) in [7, 11) is 1.60. The normalized spacial score (nSPS) is 9.50. The van der Waals surface area contributed by atoms with Gasteiger partial charge < -0.3 is 9.73 Å². The molecule has 86 valence electrons. The number of benzene rings is 1. The molecule has 0 spiro atoms. The number of aryl methyl sites for hydroxylation is 1. The first-order valence-electron chi connectivity index (χ1n) is 5.30. The van der Waals surface area contributed by atoms with Crippen LogP contribution in [-0.2, 0) is 0 Å². The van der Waals surface area contributed by atoms with Crippen LogP contribution >= 0.6 is 0 Å². The molecule has 0 bridgehead atoms. The average Bonchev–Trinajstić information content (AvgIpc) is 2.69. The fourth-order valence-electron chi connectivity index (χ4n) is 1.33. The Kier molecular flexibility index (Phi) is 4.05. The van der Waals surface area contributed by atoms with E-state index in [0.29, 0.717) is 17.0 Å². The molecular formula is C12H16N2O2. The minimum absolute atomic E-state index is 0.124. The van der Waals surface area contributed by atoms with Gasteiger partial charge in [-0.25, -0.2) is 4.98 Å². The Labute approximate surface area is 94.7 Å². The van der Waals surface area contributed by atoms with E-state index in [1.165, 1.54) is 0 Å². The molecular weight excluding hydrogens is 204 g/mol. The number of carbonyl (C=O) groups is 1. The fraction of sp³-hybridized carbons (Fsp3) is 0.333. The van der Waals surface area contributed by atoms with Crippen molar-refractivity contribution in [1.82, 2.24) is 10.3 Å². The summed E-state index contributed by atoms with van der Waals surface area (Å²) in [5.74, 6) is 0.481. The number of hydrogen-bond acceptors (Lipinski definition) is 3. The van der Waals surface area contributed by atoms with Gasteiger partial charge in [0.2, 0.25) is 0 Å². The molecule has 2 rings (SSSR count). The minimum Gasteiger partial charge on any atom is -0.441 e. The van der Waals surface area contributed by atoms with Crippen molar-refractivity contribution in [1.29, 1.82) is 0 Å². The van der Waals surface area contributed by atoms with E-state index in [0.717, 1.165) is 5.52 Å². The molecule has 4 heteroatoms. The minimum atomic E-state index is -0.124. The first-order chi connectivity index (χ1) is 7.70. The molecule has 0 atom stereocenters. The third-order valence-corrected chi connectivity index (χ3v) is 1.98. The van der Waals surface area contributed by atoms with Gasteiger partial charge in [-0.15, -0.1) is 0 Å². The lowest BCUT2D eigenvalue weighted by atomic mass is 10.2. The zero-order valence-electron chi connectivity index (χ0n) is 10.00. The predicted molar refractivity (Wildman–Crippen MR) is 63.5 cm³/mol. The Morgan fingerprint density at radius 1 is 1.38 bits per heavy atom. The first kappa shape index (κ1) is 12.2. The largest absolute Gasteiger partial charge is 0.441 e. The predicted octanol–water partition coefficient (Wildman–Crippen LogP) is 2.52. The maximum atomic E-state index is 11.3. The van der Waals surface area contributed by atoms with Crippen LogP contribution in [-0.4, -0.2) is 17.9 Å². The maximum absolute atomic E-state index is 11.3. The van der Waals surface area contributed by atoms with E-state index in [9.17, 15) is 4.79 Å². The number of rotatable bonds is 1. The molecule has 1 aromatic carbocycles. The van der Waals surface area contributed by atoms with Crippen molar-refractivity contribution in [2.45, 2.75) is 20.8 Å². The van der Waals surface area contributed by atoms with E-state index in [-0.39, 0.29) is 5.91 Å². The molecule has 0 aliphatic carbocycles. The topological polar surface area (TPSA) is 55.1 Å². The van der Waals surface area contributed by atoms with Gasteiger partial charge in [-0.3, -0.25) is 4.79 Å². The summed E-state index contributed by atoms with van der Waals surface area (Å²) in [6.45, 7) is 5.78. The molecule has 1 heterocycles. The number of aromatic nitrogens is 1. The van der Waals surface area contributed by atoms with Crippen molar-refractivity contribution >= 4 is 17.0 Å². The van der Waals surface area contributed by atoms with Crippen molar-refractivity contribution in [2.24, 2.45) is 0 Å². The number of hydrogen-bond donors (Lipinski definition) is 1. The maximum Gasteiger partial charge on any atom is 0.251 e. The second-order valence-corrected chi connectivity index (χ2v) is 2.99. The lowest BCUT2D eigenvalue weighted by molar-refractivity contribution is 0.0963. The van der Waals surface area contributed by atoms with Gasteiger partial charge in [-0.1, -0.05) is 13.8 Å². The molecule has 0 fully saturated rings. The van der Waals surface area contributed by atoms with Crippen molar-refractivity contribution in [3.05, 3.63) is 29.7 Å². The summed E-state index contributed by atoms with van der Waals surface area (Å²) in [5.41, 5.74) is 2.00. The van der Waals surface area contributed by atoms with Crippen molar-refractivity contribution < 1.29 is 9.21 Å². The molecule has 0 unspecified atom stereocenters. The highest BCUT2D eigenvalue weighted by atomic mass is 16.3. The van der Waals surface area contributed by atoms with Gasteiger partial charge in [-0.2, -0.15) is 0 Å². The summed E-state index contributed by atoms with van der Waals surface area (Å²) in [5, 5.41) is 2.55. The number of amides is 1. The van der Waals surface area contributed by atoms with Crippen LogP contribution in [0.25, 0.3) is 11.1 Å². The SMILES string of the molecule is CC.CNC(=O)c1ccc2nc(C)oc2c1. The third-order valence-electron chi connectivity index (χ3n) is 1.98. The molecule has 2 aromatic rings. The molecule has 0 saturated heterocycles. The molecule has 1 N–H and O–H groups in total. The van der Waals surface area contributed by atoms with Gasteiger partial charge in [0, 0.05) is 19.5 Å². The molecule has 0 radical (unpaired) electrons. The summed E-state index contributed by atoms with van der Waals surface area (Å²) in [4.78, 5) is 15.4. The first-order valence-corrected chi connectivity index (χ1v) is 5.30. The lowest BCUT2D eigenvalue weighted by Crippen LogP contribution is -2.17. The van der Waals surface area contributed by atoms with E-state index in [4.69, 9.17) is 4.42 Å². The second-order valence-electron chi connectivity index (χ2n) is 2.99. The van der Waals surface area contributed by atoms with Gasteiger partial charge in [0.25, 0.3) is 5.91 Å². The van der Waals surface area contributed by atoms with E-state index >= 15 is 0 Å². The Morgan fingerprint density at radius 2 is 2.06 bits per heavy atom. The average molecular weight is 220 g/mol. The zero-order valence-corrected chi connectivity index (χ0v) is 10.00. The van der Waals surface area contributed by atoms with Crippen LogP contribution in [0.1, 0.15) is 30.1 Å². The lowest BCUT2D eigenvalue weighted by Gasteiger charge is -1.97. The highest BCUT2D eigenvalue weighted by Crippen LogP contribution is 2.16. The number of carbonyl (C=O) groups excluding carboxylic acids is 1. The van der Waals surface area contributed by atoms with E-state index < -0.39 is 0 Å². The van der Waals surface area contributed by atoms with Crippen molar-refractivity contribution in [3.8, 4) is 0 Å². The van der Waals surface area contributed by atoms with E-state index in [2.05, 4.69) is 10.3 Å². The summed E-state index contributed by atoms with van der Waals surface area (Å²) >= 11 is 0. The van der Waals surface area contributed by atoms with Gasteiger partial charge >= 0.3 is 0 Å². The molecule has 1 amide bonds. The number of oxazole rings is 1. The molecule has 0 aliphatic heterocycles. The van der Waals surface area contributed by atoms with Gasteiger partial charge in [0.15, 0.2) is 11.5 Å². The summed E-state index contributed by atoms with van der Waals surface area (Å²) in [6, 6.07) is 5.19. The van der Waals surface area contributed by atoms with Crippen LogP contribution in [0.5, 0.6) is 0 Å². The molecule has 0 saturated carbocycles. The zero-order chi connectivity index (χ0) is 12.1. The van der Waals surface area contributed by atoms with Gasteiger partial charge in [0.1, 0.15) is 5.52 Å². The van der Waals surface area contributed by atoms with Crippen LogP contribution in [0.15, 0.2) is 22.6 Å². The third kappa shape index (κ3) is 2.39. The van der Waals surface area contributed by atoms with Crippen LogP contribution in [0, 0.1) is 6.92 Å². The van der Waals surface area contributed by atoms with Gasteiger partial charge in [0.05, 0.1) is 0 Å². The van der Waals surface area contributed by atoms with Crippen molar-refractivity contribution in [2.75, 3.05) is 7.05 Å². The quantitative estimate of drug-likeness (QED) is 0.803. The molecule has 16 heavy (non-hydrogen) atoms. The highest BCUT2D eigenvalue weighted by Gasteiger charge is 2.07. The van der Waals surface area contributed by atoms with E-state index in [1.807, 2.05) is 13.8 Å². The highest BCUT2D eigenvalue weighted by molar-refractivity contribution is 5.96. The molecule has 4 nitrogen and oxygen atoms in total. The molecule has 1 aromatic heterocycles. The van der Waals surface area contributed by atoms with Gasteiger partial charge in [-0.05, 0) is 18.2 Å². The summed E-state index contributed by atoms with van der Waals surface area (Å²) < 4.78 is 5.31. The Morgan fingerprint density at radius 3 is 2.69 bits per heavy atom. The Hall–Kier alpha value is -1.84. The fourth-order valence-corrected chi connectivity index (χ4v) is 1.33. The standard InChI is InChI=1S/C10H10N2O2.C2H6/c1-6-12-8-4-3-7(10(13)11-2)5-9(8)14-6;1-2/h3-5H,1-2H3,(H,11,13);1-2H3. The van der Waals surface area contributed by atoms with Crippen LogP contribution in [0.4, 0.5) is 0 Å². The number of nitrogens with zero attached hydrogens (tertiary/aromatic N) is 1. The van der Waals surface area contributed by atoms with Crippen molar-refractivity contribution in [3.63, 3.8) is 0 Å². The molecule has 0 aliphatic rings. The Bertz CT molecular complexity index is 489.